The first-order valence-corrected chi connectivity index (χ1v) is 30.0. The number of aryl methyl sites for hydroxylation is 2. The van der Waals surface area contributed by atoms with E-state index >= 15 is 0 Å². The molecule has 1 aliphatic rings. The van der Waals surface area contributed by atoms with Gasteiger partial charge in [0.05, 0.1) is 0 Å². The van der Waals surface area contributed by atoms with Crippen LogP contribution in [0.1, 0.15) is 295 Å². The van der Waals surface area contributed by atoms with Crippen LogP contribution < -0.4 is 0 Å². The van der Waals surface area contributed by atoms with Gasteiger partial charge in [-0.15, -0.1) is 0 Å². The van der Waals surface area contributed by atoms with Crippen LogP contribution in [-0.2, 0) is 27.3 Å². The van der Waals surface area contributed by atoms with Crippen LogP contribution in [0.2, 0.25) is 10.8 Å². The van der Waals surface area contributed by atoms with E-state index in [9.17, 15) is 5.53 Å². The molecule has 0 bridgehead atoms. The van der Waals surface area contributed by atoms with Gasteiger partial charge in [0.15, 0.2) is 0 Å². The monoisotopic (exact) mass is 937 g/mol. The Morgan fingerprint density at radius 1 is 0.338 bits per heavy atom. The summed E-state index contributed by atoms with van der Waals surface area (Å²) < 4.78 is 1.61. The van der Waals surface area contributed by atoms with Crippen molar-refractivity contribution in [1.29, 1.82) is 0 Å². The second-order valence-electron chi connectivity index (χ2n) is 19.7. The van der Waals surface area contributed by atoms with Crippen molar-refractivity contribution in [1.82, 2.24) is 0 Å². The molecule has 0 aliphatic carbocycles. The zero-order chi connectivity index (χ0) is 46.8. The standard InChI is InChI=1S/C54H88N2.2C4H9.Ni/c1-5-9-13-15-17-18-19-20-21-22-23-24-25-26-27-28-29-30-33-38-48-40-36-42-50(46-48)53-51(43-32-11-7-3)52(44-34-31-16-14-10-6-2)54(56(53)55)49-41-35-39-47(45-49)37-12-8-4;2*1-3-4-2;/h35-36,39-42,45-46H,5-34,37-38,43-44H2,1-4H3;2*1,3-4H2,2H3;. The summed E-state index contributed by atoms with van der Waals surface area (Å²) in [7, 11) is 0. The molecule has 0 aromatic heterocycles. The zero-order valence-electron chi connectivity index (χ0n) is 44.1. The summed E-state index contributed by atoms with van der Waals surface area (Å²) in [6.07, 6.45) is 50.5. The molecule has 0 fully saturated rings. The minimum atomic E-state index is 1.04. The first kappa shape index (κ1) is 59.1. The first-order chi connectivity index (χ1) is 32.1. The number of allylic oxidation sites excluding steroid dienone is 2. The fourth-order valence-corrected chi connectivity index (χ4v) is 10.9. The molecule has 0 radical (unpaired) electrons. The molecule has 374 valence electrons. The third-order valence-corrected chi connectivity index (χ3v) is 15.0. The molecule has 3 heteroatoms. The quantitative estimate of drug-likeness (QED) is 0.0360. The summed E-state index contributed by atoms with van der Waals surface area (Å²) in [6, 6.07) is 18.3. The van der Waals surface area contributed by atoms with Crippen molar-refractivity contribution in [3.63, 3.8) is 0 Å². The number of benzene rings is 2. The second-order valence-corrected chi connectivity index (χ2v) is 21.2. The van der Waals surface area contributed by atoms with Gasteiger partial charge < -0.3 is 5.53 Å². The van der Waals surface area contributed by atoms with Crippen molar-refractivity contribution < 1.29 is 19.1 Å². The van der Waals surface area contributed by atoms with Gasteiger partial charge in [-0.25, -0.2) is 4.70 Å². The van der Waals surface area contributed by atoms with E-state index in [0.29, 0.717) is 0 Å². The predicted octanol–water partition coefficient (Wildman–Crippen LogP) is 22.0. The van der Waals surface area contributed by atoms with Crippen LogP contribution in [0.3, 0.4) is 0 Å². The van der Waals surface area contributed by atoms with Crippen molar-refractivity contribution in [2.45, 2.75) is 296 Å². The molecule has 1 aliphatic heterocycles. The third-order valence-electron chi connectivity index (χ3n) is 13.6. The fourth-order valence-electron chi connectivity index (χ4n) is 9.42. The number of nitrogens with zero attached hydrogens (tertiary/aromatic N) is 2. The van der Waals surface area contributed by atoms with Crippen molar-refractivity contribution in [2.75, 3.05) is 0 Å². The maximum absolute atomic E-state index is 12.2. The van der Waals surface area contributed by atoms with Gasteiger partial charge >= 0.3 is 64.8 Å². The van der Waals surface area contributed by atoms with E-state index in [0.717, 1.165) is 37.1 Å². The number of unbranched alkanes of at least 4 members (excludes halogenated alkanes) is 28. The normalized spacial score (nSPS) is 12.8. The topological polar surface area (TPSA) is 25.3 Å². The van der Waals surface area contributed by atoms with Gasteiger partial charge in [0.1, 0.15) is 0 Å². The molecular formula is C62H106N2Ni. The van der Waals surface area contributed by atoms with Crippen LogP contribution in [-0.4, -0.2) is 4.70 Å². The fraction of sp³-hybridized carbons (Fsp3) is 0.742. The average Bonchev–Trinajstić information content (AvgIpc) is 3.60. The van der Waals surface area contributed by atoms with Gasteiger partial charge in [0.2, 0.25) is 11.4 Å². The van der Waals surface area contributed by atoms with Crippen LogP contribution in [0.4, 0.5) is 0 Å². The van der Waals surface area contributed by atoms with Crippen LogP contribution in [0.15, 0.2) is 59.7 Å². The van der Waals surface area contributed by atoms with Crippen molar-refractivity contribution in [3.8, 4) is 0 Å². The second kappa shape index (κ2) is 42.1. The molecule has 3 rings (SSSR count). The zero-order valence-corrected chi connectivity index (χ0v) is 45.1. The summed E-state index contributed by atoms with van der Waals surface area (Å²) >= 11 is 1.94. The van der Waals surface area contributed by atoms with Crippen LogP contribution in [0, 0.1) is 0 Å². The molecule has 0 amide bonds. The van der Waals surface area contributed by atoms with Crippen molar-refractivity contribution in [2.24, 2.45) is 0 Å². The molecule has 2 nitrogen and oxygen atoms in total. The molecule has 0 N–H and O–H groups in total. The summed E-state index contributed by atoms with van der Waals surface area (Å²) in [5, 5.41) is 2.78. The molecule has 0 unspecified atom stereocenters. The molecule has 1 heterocycles. The van der Waals surface area contributed by atoms with Crippen LogP contribution in [0.25, 0.3) is 16.9 Å². The van der Waals surface area contributed by atoms with E-state index in [2.05, 4.69) is 90.1 Å². The third kappa shape index (κ3) is 27.6. The average molecular weight is 938 g/mol. The van der Waals surface area contributed by atoms with E-state index in [1.54, 1.807) is 4.70 Å². The Morgan fingerprint density at radius 3 is 1.00 bits per heavy atom. The molecule has 0 saturated carbocycles. The minimum absolute atomic E-state index is 1.04. The number of rotatable bonds is 42. The first-order valence-electron chi connectivity index (χ1n) is 28.6. The van der Waals surface area contributed by atoms with Gasteiger partial charge in [0, 0.05) is 22.3 Å². The van der Waals surface area contributed by atoms with Gasteiger partial charge in [-0.05, 0) is 86.8 Å². The Labute approximate surface area is 412 Å². The van der Waals surface area contributed by atoms with E-state index in [-0.39, 0.29) is 0 Å². The molecule has 65 heavy (non-hydrogen) atoms. The summed E-state index contributed by atoms with van der Waals surface area (Å²) in [5.41, 5.74) is 22.3. The Hall–Kier alpha value is -1.99. The summed E-state index contributed by atoms with van der Waals surface area (Å²) in [5.74, 6) is 0. The Bertz CT molecular complexity index is 1500. The molecule has 0 spiro atoms. The van der Waals surface area contributed by atoms with E-state index in [1.165, 1.54) is 262 Å². The van der Waals surface area contributed by atoms with Crippen LogP contribution >= 0.6 is 0 Å². The molecular weight excluding hydrogens is 831 g/mol. The van der Waals surface area contributed by atoms with Gasteiger partial charge in [0.25, 0.3) is 0 Å². The number of hydrogen-bond acceptors (Lipinski definition) is 0. The van der Waals surface area contributed by atoms with E-state index < -0.39 is 0 Å². The van der Waals surface area contributed by atoms with Gasteiger partial charge in [-0.1, -0.05) is 219 Å². The molecule has 2 aromatic rings. The van der Waals surface area contributed by atoms with E-state index in [4.69, 9.17) is 0 Å². The van der Waals surface area contributed by atoms with Crippen molar-refractivity contribution >= 4 is 11.4 Å². The SMILES string of the molecule is CCCCCCCCCCCCCCCCCCCCCc1cccc(C2=C(CCCCC)C(CCCCCCCC)=C(c3cccc(CCCC)c3)[N+]2=[N-])c1.CCC[CH2][Ni][CH2]CCC. The number of hydrogen-bond donors (Lipinski definition) is 0. The summed E-state index contributed by atoms with van der Waals surface area (Å²) in [6.45, 7) is 13.7. The Balaban J connectivity index is 0.00000145. The molecule has 0 saturated heterocycles. The van der Waals surface area contributed by atoms with E-state index in [1.807, 2.05) is 14.4 Å². The van der Waals surface area contributed by atoms with Crippen molar-refractivity contribution in [3.05, 3.63) is 87.5 Å². The Morgan fingerprint density at radius 2 is 0.631 bits per heavy atom. The van der Waals surface area contributed by atoms with Gasteiger partial charge in [-0.2, -0.15) is 0 Å². The molecule has 0 atom stereocenters. The predicted molar refractivity (Wildman–Crippen MR) is 288 cm³/mol. The maximum atomic E-state index is 12.2. The Kier molecular flexibility index (Phi) is 38.3. The molecule has 2 aromatic carbocycles. The van der Waals surface area contributed by atoms with Crippen LogP contribution in [0.5, 0.6) is 0 Å². The van der Waals surface area contributed by atoms with Gasteiger partial charge in [-0.3, -0.25) is 0 Å². The summed E-state index contributed by atoms with van der Waals surface area (Å²) in [4.78, 5) is 0.